The number of halogens is 4. The maximum Gasteiger partial charge on any atom is 0.416 e. The highest BCUT2D eigenvalue weighted by Gasteiger charge is 2.30. The highest BCUT2D eigenvalue weighted by atomic mass is 19.4. The van der Waals surface area contributed by atoms with Crippen molar-refractivity contribution in [3.05, 3.63) is 65.5 Å². The molecule has 0 fully saturated rings. The number of carbonyl (C=O) groups is 1. The summed E-state index contributed by atoms with van der Waals surface area (Å²) >= 11 is 0. The van der Waals surface area contributed by atoms with Gasteiger partial charge in [0.2, 0.25) is 0 Å². The average molecular weight is 312 g/mol. The summed E-state index contributed by atoms with van der Waals surface area (Å²) in [7, 11) is 0. The summed E-state index contributed by atoms with van der Waals surface area (Å²) in [4.78, 5) is 11.6. The predicted molar refractivity (Wildman–Crippen MR) is 73.7 cm³/mol. The Hall–Kier alpha value is -2.57. The van der Waals surface area contributed by atoms with E-state index < -0.39 is 23.6 Å². The average Bonchev–Trinajstić information content (AvgIpc) is 2.47. The van der Waals surface area contributed by atoms with Crippen molar-refractivity contribution >= 4 is 11.7 Å². The first kappa shape index (κ1) is 15.8. The first-order valence-electron chi connectivity index (χ1n) is 6.31. The molecule has 0 spiro atoms. The third-order valence-corrected chi connectivity index (χ3v) is 2.81. The molecule has 2 N–H and O–H groups in total. The highest BCUT2D eigenvalue weighted by Crippen LogP contribution is 2.29. The fraction of sp³-hybridized carbons (Fsp3) is 0.133. The largest absolute Gasteiger partial charge is 0.416 e. The fourth-order valence-electron chi connectivity index (χ4n) is 1.75. The van der Waals surface area contributed by atoms with Crippen LogP contribution in [-0.4, -0.2) is 6.03 Å². The molecule has 2 amide bonds. The fourth-order valence-corrected chi connectivity index (χ4v) is 1.75. The Morgan fingerprint density at radius 3 is 2.36 bits per heavy atom. The van der Waals surface area contributed by atoms with Crippen LogP contribution in [-0.2, 0) is 12.7 Å². The molecule has 2 aromatic carbocycles. The quantitative estimate of drug-likeness (QED) is 0.821. The lowest BCUT2D eigenvalue weighted by atomic mass is 10.1. The minimum Gasteiger partial charge on any atom is -0.334 e. The van der Waals surface area contributed by atoms with Crippen LogP contribution in [0.25, 0.3) is 0 Å². The number of alkyl halides is 3. The zero-order valence-electron chi connectivity index (χ0n) is 11.2. The predicted octanol–water partition coefficient (Wildman–Crippen LogP) is 4.17. The van der Waals surface area contributed by atoms with Crippen molar-refractivity contribution < 1.29 is 22.4 Å². The molecule has 3 nitrogen and oxygen atoms in total. The zero-order valence-corrected chi connectivity index (χ0v) is 11.2. The van der Waals surface area contributed by atoms with Gasteiger partial charge in [-0.15, -0.1) is 0 Å². The van der Waals surface area contributed by atoms with Gasteiger partial charge in [-0.3, -0.25) is 0 Å². The molecule has 2 rings (SSSR count). The molecule has 0 aliphatic carbocycles. The Morgan fingerprint density at radius 2 is 1.73 bits per heavy atom. The Kier molecular flexibility index (Phi) is 4.65. The van der Waals surface area contributed by atoms with E-state index in [-0.39, 0.29) is 6.54 Å². The van der Waals surface area contributed by atoms with Crippen LogP contribution in [0.5, 0.6) is 0 Å². The Labute approximate surface area is 124 Å². The van der Waals surface area contributed by atoms with Crippen LogP contribution in [0, 0.1) is 5.82 Å². The molecule has 7 heteroatoms. The minimum absolute atomic E-state index is 0.0586. The summed E-state index contributed by atoms with van der Waals surface area (Å²) in [6, 6.07) is 9.21. The Morgan fingerprint density at radius 1 is 1.05 bits per heavy atom. The smallest absolute Gasteiger partial charge is 0.334 e. The second-order valence-electron chi connectivity index (χ2n) is 4.51. The van der Waals surface area contributed by atoms with E-state index in [1.165, 1.54) is 36.4 Å². The summed E-state index contributed by atoms with van der Waals surface area (Å²) in [5.41, 5.74) is -0.0715. The van der Waals surface area contributed by atoms with Gasteiger partial charge in [0.05, 0.1) is 5.56 Å². The molecule has 0 aliphatic rings. The molecular weight excluding hydrogens is 300 g/mol. The van der Waals surface area contributed by atoms with Gasteiger partial charge >= 0.3 is 12.2 Å². The lowest BCUT2D eigenvalue weighted by Crippen LogP contribution is -2.28. The molecular formula is C15H12F4N2O. The molecule has 0 unspecified atom stereocenters. The summed E-state index contributed by atoms with van der Waals surface area (Å²) in [6.07, 6.45) is -4.42. The number of hydrogen-bond acceptors (Lipinski definition) is 1. The lowest BCUT2D eigenvalue weighted by molar-refractivity contribution is -0.137. The number of nitrogens with one attached hydrogen (secondary N) is 2. The van der Waals surface area contributed by atoms with Crippen molar-refractivity contribution in [1.29, 1.82) is 0 Å². The van der Waals surface area contributed by atoms with E-state index in [1.54, 1.807) is 0 Å². The first-order chi connectivity index (χ1) is 10.3. The van der Waals surface area contributed by atoms with Crippen LogP contribution in [0.1, 0.15) is 11.1 Å². The minimum atomic E-state index is -4.42. The number of carbonyl (C=O) groups excluding carboxylic acids is 1. The summed E-state index contributed by atoms with van der Waals surface area (Å²) in [6.45, 7) is -0.0586. The molecule has 0 saturated heterocycles. The lowest BCUT2D eigenvalue weighted by Gasteiger charge is -2.10. The second kappa shape index (κ2) is 6.46. The van der Waals surface area contributed by atoms with Crippen molar-refractivity contribution in [1.82, 2.24) is 5.32 Å². The molecule has 2 aromatic rings. The second-order valence-corrected chi connectivity index (χ2v) is 4.51. The third-order valence-electron chi connectivity index (χ3n) is 2.81. The van der Waals surface area contributed by atoms with E-state index in [2.05, 4.69) is 10.6 Å². The van der Waals surface area contributed by atoms with Gasteiger partial charge in [-0.25, -0.2) is 9.18 Å². The van der Waals surface area contributed by atoms with Crippen molar-refractivity contribution in [3.63, 3.8) is 0 Å². The van der Waals surface area contributed by atoms with Crippen LogP contribution >= 0.6 is 0 Å². The highest BCUT2D eigenvalue weighted by molar-refractivity contribution is 5.89. The maximum atomic E-state index is 12.7. The van der Waals surface area contributed by atoms with E-state index >= 15 is 0 Å². The summed E-state index contributed by atoms with van der Waals surface area (Å²) < 4.78 is 50.4. The summed E-state index contributed by atoms with van der Waals surface area (Å²) in [5.74, 6) is -0.435. The normalized spacial score (nSPS) is 11.1. The van der Waals surface area contributed by atoms with Gasteiger partial charge in [0.1, 0.15) is 5.82 Å². The van der Waals surface area contributed by atoms with E-state index in [0.717, 1.165) is 12.1 Å². The molecule has 0 radical (unpaired) electrons. The van der Waals surface area contributed by atoms with Crippen LogP contribution < -0.4 is 10.6 Å². The Balaban J connectivity index is 1.92. The van der Waals surface area contributed by atoms with E-state index in [1.807, 2.05) is 0 Å². The number of urea groups is 1. The number of anilines is 1. The van der Waals surface area contributed by atoms with Crippen LogP contribution in [0.2, 0.25) is 0 Å². The Bertz CT molecular complexity index is 653. The molecule has 116 valence electrons. The molecule has 0 atom stereocenters. The van der Waals surface area contributed by atoms with E-state index in [0.29, 0.717) is 11.3 Å². The molecule has 0 saturated carbocycles. The van der Waals surface area contributed by atoms with Crippen molar-refractivity contribution in [2.24, 2.45) is 0 Å². The van der Waals surface area contributed by atoms with Gasteiger partial charge in [-0.2, -0.15) is 13.2 Å². The van der Waals surface area contributed by atoms with Gasteiger partial charge in [0.15, 0.2) is 0 Å². The van der Waals surface area contributed by atoms with Gasteiger partial charge in [0.25, 0.3) is 0 Å². The maximum absolute atomic E-state index is 12.7. The molecule has 0 aliphatic heterocycles. The topological polar surface area (TPSA) is 41.1 Å². The first-order valence-corrected chi connectivity index (χ1v) is 6.31. The molecule has 0 heterocycles. The number of rotatable bonds is 3. The van der Waals surface area contributed by atoms with Crippen LogP contribution in [0.3, 0.4) is 0 Å². The number of hydrogen-bond donors (Lipinski definition) is 2. The summed E-state index contributed by atoms with van der Waals surface area (Å²) in [5, 5.41) is 4.87. The van der Waals surface area contributed by atoms with Gasteiger partial charge in [-0.05, 0) is 42.0 Å². The standard InChI is InChI=1S/C15H12F4N2O/c16-12-4-6-13(7-5-12)21-14(22)20-9-10-2-1-3-11(8-10)15(17,18)19/h1-8H,9H2,(H2,20,21,22). The number of benzene rings is 2. The van der Waals surface area contributed by atoms with E-state index in [9.17, 15) is 22.4 Å². The third kappa shape index (κ3) is 4.47. The van der Waals surface area contributed by atoms with Gasteiger partial charge in [-0.1, -0.05) is 12.1 Å². The van der Waals surface area contributed by atoms with Gasteiger partial charge < -0.3 is 10.6 Å². The molecule has 0 aromatic heterocycles. The van der Waals surface area contributed by atoms with Crippen LogP contribution in [0.4, 0.5) is 28.0 Å². The SMILES string of the molecule is O=C(NCc1cccc(C(F)(F)F)c1)Nc1ccc(F)cc1. The monoisotopic (exact) mass is 312 g/mol. The van der Waals surface area contributed by atoms with Crippen molar-refractivity contribution in [2.75, 3.05) is 5.32 Å². The van der Waals surface area contributed by atoms with Crippen LogP contribution in [0.15, 0.2) is 48.5 Å². The molecule has 22 heavy (non-hydrogen) atoms. The van der Waals surface area contributed by atoms with Crippen molar-refractivity contribution in [2.45, 2.75) is 12.7 Å². The van der Waals surface area contributed by atoms with Crippen molar-refractivity contribution in [3.8, 4) is 0 Å². The molecule has 0 bridgehead atoms. The van der Waals surface area contributed by atoms with Gasteiger partial charge in [0, 0.05) is 12.2 Å². The zero-order chi connectivity index (χ0) is 16.2. The number of amides is 2. The van der Waals surface area contributed by atoms with E-state index in [4.69, 9.17) is 0 Å².